The van der Waals surface area contributed by atoms with Gasteiger partial charge in [0.15, 0.2) is 11.5 Å². The normalized spacial score (nSPS) is 12.2. The number of benzene rings is 2. The monoisotopic (exact) mass is 366 g/mol. The zero-order valence-corrected chi connectivity index (χ0v) is 14.3. The molecule has 24 heavy (non-hydrogen) atoms. The van der Waals surface area contributed by atoms with Gasteiger partial charge in [-0.3, -0.25) is 4.79 Å². The fourth-order valence-corrected chi connectivity index (χ4v) is 2.58. The van der Waals surface area contributed by atoms with Crippen molar-refractivity contribution < 1.29 is 14.3 Å². The molecule has 0 fully saturated rings. The number of hydrogen-bond acceptors (Lipinski definition) is 4. The topological polar surface area (TPSA) is 59.6 Å². The van der Waals surface area contributed by atoms with Gasteiger partial charge in [-0.15, -0.1) is 0 Å². The Hall–Kier alpha value is -1.95. The number of halogens is 2. The van der Waals surface area contributed by atoms with Gasteiger partial charge in [-0.25, -0.2) is 0 Å². The number of ether oxygens (including phenoxy) is 2. The smallest absolute Gasteiger partial charge is 0.231 e. The second kappa shape index (κ2) is 7.75. The maximum Gasteiger partial charge on any atom is 0.231 e. The van der Waals surface area contributed by atoms with Gasteiger partial charge in [0.05, 0.1) is 10.0 Å². The molecular formula is C17H16Cl2N2O3. The molecule has 2 aromatic rings. The Labute approximate surface area is 149 Å². The van der Waals surface area contributed by atoms with Gasteiger partial charge in [-0.05, 0) is 35.9 Å². The number of hydrogen-bond donors (Lipinski definition) is 2. The molecule has 1 amide bonds. The van der Waals surface area contributed by atoms with Gasteiger partial charge in [-0.2, -0.15) is 0 Å². The Morgan fingerprint density at radius 1 is 1.04 bits per heavy atom. The number of rotatable bonds is 6. The minimum atomic E-state index is -0.0911. The van der Waals surface area contributed by atoms with Crippen molar-refractivity contribution in [2.75, 3.05) is 18.7 Å². The molecule has 1 aliphatic rings. The molecule has 0 spiro atoms. The standard InChI is InChI=1S/C17H16Cl2N2O3/c18-13-3-2-12(8-14(13)19)21-17(22)5-6-20-9-11-1-4-15-16(7-11)24-10-23-15/h1-4,7-8,20H,5-6,9-10H2,(H,21,22). The lowest BCUT2D eigenvalue weighted by Gasteiger charge is -2.08. The van der Waals surface area contributed by atoms with Gasteiger partial charge in [0, 0.05) is 25.2 Å². The van der Waals surface area contributed by atoms with Crippen LogP contribution in [0.15, 0.2) is 36.4 Å². The van der Waals surface area contributed by atoms with Crippen LogP contribution in [0.3, 0.4) is 0 Å². The maximum atomic E-state index is 11.9. The van der Waals surface area contributed by atoms with Crippen LogP contribution in [0.25, 0.3) is 0 Å². The van der Waals surface area contributed by atoms with Crippen molar-refractivity contribution in [3.05, 3.63) is 52.0 Å². The maximum absolute atomic E-state index is 11.9. The molecule has 0 saturated carbocycles. The lowest BCUT2D eigenvalue weighted by molar-refractivity contribution is -0.116. The number of amides is 1. The predicted octanol–water partition coefficient (Wildman–Crippen LogP) is 3.84. The molecular weight excluding hydrogens is 351 g/mol. The van der Waals surface area contributed by atoms with E-state index in [-0.39, 0.29) is 12.7 Å². The molecule has 0 aromatic heterocycles. The molecule has 0 saturated heterocycles. The molecule has 0 atom stereocenters. The Morgan fingerprint density at radius 2 is 1.88 bits per heavy atom. The van der Waals surface area contributed by atoms with E-state index in [2.05, 4.69) is 10.6 Å². The zero-order valence-electron chi connectivity index (χ0n) is 12.8. The SMILES string of the molecule is O=C(CCNCc1ccc2c(c1)OCO2)Nc1ccc(Cl)c(Cl)c1. The third kappa shape index (κ3) is 4.32. The highest BCUT2D eigenvalue weighted by atomic mass is 35.5. The average molecular weight is 367 g/mol. The van der Waals surface area contributed by atoms with E-state index < -0.39 is 0 Å². The Kier molecular flexibility index (Phi) is 5.45. The van der Waals surface area contributed by atoms with E-state index in [0.717, 1.165) is 17.1 Å². The molecule has 2 aromatic carbocycles. The summed E-state index contributed by atoms with van der Waals surface area (Å²) in [4.78, 5) is 11.9. The lowest BCUT2D eigenvalue weighted by atomic mass is 10.2. The summed E-state index contributed by atoms with van der Waals surface area (Å²) in [5.74, 6) is 1.43. The minimum Gasteiger partial charge on any atom is -0.454 e. The molecule has 126 valence electrons. The van der Waals surface area contributed by atoms with Gasteiger partial charge in [0.1, 0.15) is 0 Å². The van der Waals surface area contributed by atoms with Crippen molar-refractivity contribution in [1.82, 2.24) is 5.32 Å². The average Bonchev–Trinajstić information content (AvgIpc) is 3.03. The predicted molar refractivity (Wildman–Crippen MR) is 94.0 cm³/mol. The first-order valence-electron chi connectivity index (χ1n) is 7.46. The van der Waals surface area contributed by atoms with Gasteiger partial charge < -0.3 is 20.1 Å². The van der Waals surface area contributed by atoms with E-state index in [1.54, 1.807) is 18.2 Å². The van der Waals surface area contributed by atoms with Crippen molar-refractivity contribution in [3.63, 3.8) is 0 Å². The largest absolute Gasteiger partial charge is 0.454 e. The quantitative estimate of drug-likeness (QED) is 0.762. The molecule has 0 bridgehead atoms. The van der Waals surface area contributed by atoms with Crippen LogP contribution < -0.4 is 20.1 Å². The summed E-state index contributed by atoms with van der Waals surface area (Å²) in [6.07, 6.45) is 0.352. The molecule has 0 radical (unpaired) electrons. The van der Waals surface area contributed by atoms with Gasteiger partial charge in [0.25, 0.3) is 0 Å². The Morgan fingerprint density at radius 3 is 2.71 bits per heavy atom. The first-order valence-corrected chi connectivity index (χ1v) is 8.21. The second-order valence-corrected chi connectivity index (χ2v) is 6.11. The first-order chi connectivity index (χ1) is 11.6. The Bertz CT molecular complexity index is 753. The molecule has 2 N–H and O–H groups in total. The van der Waals surface area contributed by atoms with Crippen molar-refractivity contribution in [2.45, 2.75) is 13.0 Å². The lowest BCUT2D eigenvalue weighted by Crippen LogP contribution is -2.21. The van der Waals surface area contributed by atoms with Crippen molar-refractivity contribution in [1.29, 1.82) is 0 Å². The highest BCUT2D eigenvalue weighted by molar-refractivity contribution is 6.42. The van der Waals surface area contributed by atoms with E-state index in [1.165, 1.54) is 0 Å². The molecule has 0 aliphatic carbocycles. The van der Waals surface area contributed by atoms with Crippen LogP contribution >= 0.6 is 23.2 Å². The van der Waals surface area contributed by atoms with Crippen LogP contribution in [-0.2, 0) is 11.3 Å². The van der Waals surface area contributed by atoms with E-state index in [4.69, 9.17) is 32.7 Å². The fourth-order valence-electron chi connectivity index (χ4n) is 2.28. The van der Waals surface area contributed by atoms with Crippen molar-refractivity contribution in [3.8, 4) is 11.5 Å². The van der Waals surface area contributed by atoms with Crippen LogP contribution in [0.2, 0.25) is 10.0 Å². The van der Waals surface area contributed by atoms with E-state index in [9.17, 15) is 4.79 Å². The molecule has 0 unspecified atom stereocenters. The number of fused-ring (bicyclic) bond motifs is 1. The summed E-state index contributed by atoms with van der Waals surface area (Å²) >= 11 is 11.8. The minimum absolute atomic E-state index is 0.0911. The van der Waals surface area contributed by atoms with Gasteiger partial charge >= 0.3 is 0 Å². The van der Waals surface area contributed by atoms with Crippen LogP contribution in [-0.4, -0.2) is 19.2 Å². The summed E-state index contributed by atoms with van der Waals surface area (Å²) in [5.41, 5.74) is 1.70. The fraction of sp³-hybridized carbons (Fsp3) is 0.235. The third-order valence-corrected chi connectivity index (χ3v) is 4.24. The van der Waals surface area contributed by atoms with Crippen molar-refractivity contribution >= 4 is 34.8 Å². The van der Waals surface area contributed by atoms with Crippen LogP contribution in [0, 0.1) is 0 Å². The summed E-state index contributed by atoms with van der Waals surface area (Å²) < 4.78 is 10.6. The van der Waals surface area contributed by atoms with Gasteiger partial charge in [-0.1, -0.05) is 29.3 Å². The number of carbonyl (C=O) groups excluding carboxylic acids is 1. The first kappa shape index (κ1) is 16.9. The van der Waals surface area contributed by atoms with Crippen LogP contribution in [0.1, 0.15) is 12.0 Å². The van der Waals surface area contributed by atoms with Gasteiger partial charge in [0.2, 0.25) is 12.7 Å². The summed E-state index contributed by atoms with van der Waals surface area (Å²) in [5, 5.41) is 6.88. The van der Waals surface area contributed by atoms with Crippen molar-refractivity contribution in [2.24, 2.45) is 0 Å². The van der Waals surface area contributed by atoms with E-state index in [0.29, 0.717) is 35.2 Å². The highest BCUT2D eigenvalue weighted by Gasteiger charge is 2.13. The summed E-state index contributed by atoms with van der Waals surface area (Å²) in [6, 6.07) is 10.8. The van der Waals surface area contributed by atoms with Crippen LogP contribution in [0.5, 0.6) is 11.5 Å². The number of anilines is 1. The van der Waals surface area contributed by atoms with Crippen LogP contribution in [0.4, 0.5) is 5.69 Å². The second-order valence-electron chi connectivity index (χ2n) is 5.29. The summed E-state index contributed by atoms with van der Waals surface area (Å²) in [7, 11) is 0. The van der Waals surface area contributed by atoms with E-state index >= 15 is 0 Å². The molecule has 1 aliphatic heterocycles. The summed E-state index contributed by atoms with van der Waals surface area (Å²) in [6.45, 7) is 1.47. The molecule has 3 rings (SSSR count). The molecule has 1 heterocycles. The third-order valence-electron chi connectivity index (χ3n) is 3.50. The number of carbonyl (C=O) groups is 1. The zero-order chi connectivity index (χ0) is 16.9. The number of nitrogens with one attached hydrogen (secondary N) is 2. The van der Waals surface area contributed by atoms with E-state index in [1.807, 2.05) is 18.2 Å². The highest BCUT2D eigenvalue weighted by Crippen LogP contribution is 2.32. The Balaban J connectivity index is 1.41. The molecule has 7 heteroatoms. The molecule has 5 nitrogen and oxygen atoms in total.